The molecule has 0 aliphatic heterocycles. The van der Waals surface area contributed by atoms with Gasteiger partial charge in [0, 0.05) is 52.0 Å². The molecule has 31 heavy (non-hydrogen) atoms. The van der Waals surface area contributed by atoms with E-state index in [9.17, 15) is 4.79 Å². The average Bonchev–Trinajstić information content (AvgIpc) is 3.34. The lowest BCUT2D eigenvalue weighted by Crippen LogP contribution is -2.20. The topological polar surface area (TPSA) is 39.8 Å². The summed E-state index contributed by atoms with van der Waals surface area (Å²) < 4.78 is 3.71. The minimum Gasteiger partial charge on any atom is -0.330 e. The zero-order chi connectivity index (χ0) is 21.9. The maximum Gasteiger partial charge on any atom is 0.259 e. The largest absolute Gasteiger partial charge is 0.330 e. The van der Waals surface area contributed by atoms with Crippen LogP contribution in [0.25, 0.3) is 43.6 Å². The third kappa shape index (κ3) is 3.28. The quantitative estimate of drug-likeness (QED) is 0.260. The third-order valence-corrected chi connectivity index (χ3v) is 7.27. The van der Waals surface area contributed by atoms with Crippen LogP contribution in [0.4, 0.5) is 0 Å². The van der Waals surface area contributed by atoms with Crippen molar-refractivity contribution in [3.05, 3.63) is 73.9 Å². The lowest BCUT2D eigenvalue weighted by Gasteiger charge is -2.09. The summed E-state index contributed by atoms with van der Waals surface area (Å²) in [4.78, 5) is 17.8. The summed E-state index contributed by atoms with van der Waals surface area (Å²) in [7, 11) is 3.75. The lowest BCUT2D eigenvalue weighted by molar-refractivity contribution is 0.846. The van der Waals surface area contributed by atoms with Gasteiger partial charge in [0.1, 0.15) is 10.7 Å². The monoisotopic (exact) mass is 487 g/mol. The van der Waals surface area contributed by atoms with E-state index in [2.05, 4.69) is 17.1 Å². The van der Waals surface area contributed by atoms with Crippen molar-refractivity contribution >= 4 is 68.1 Å². The molecule has 0 bridgehead atoms. The predicted octanol–water partition coefficient (Wildman–Crippen LogP) is 6.87. The highest BCUT2D eigenvalue weighted by Crippen LogP contribution is 2.35. The van der Waals surface area contributed by atoms with Crippen molar-refractivity contribution in [2.24, 2.45) is 14.1 Å². The SMILES string of the molecule is Cn1c(=O)c(-c2ccc(Cl)cc2Cl)cc2c3cc(-c4nc(CCl)cs4)ccc3n(C)c21. The maximum atomic E-state index is 13.2. The van der Waals surface area contributed by atoms with Crippen molar-refractivity contribution < 1.29 is 0 Å². The van der Waals surface area contributed by atoms with Crippen LogP contribution in [-0.4, -0.2) is 14.1 Å². The molecule has 3 heterocycles. The van der Waals surface area contributed by atoms with Crippen molar-refractivity contribution in [1.29, 1.82) is 0 Å². The van der Waals surface area contributed by atoms with Crippen LogP contribution in [0, 0.1) is 0 Å². The predicted molar refractivity (Wildman–Crippen MR) is 132 cm³/mol. The Morgan fingerprint density at radius 2 is 1.77 bits per heavy atom. The first-order chi connectivity index (χ1) is 14.9. The second-order valence-corrected chi connectivity index (χ2v) is 9.32. The summed E-state index contributed by atoms with van der Waals surface area (Å²) in [6.07, 6.45) is 0. The molecule has 5 rings (SSSR count). The van der Waals surface area contributed by atoms with Gasteiger partial charge in [0.05, 0.1) is 22.1 Å². The van der Waals surface area contributed by atoms with Crippen LogP contribution in [0.5, 0.6) is 0 Å². The maximum absolute atomic E-state index is 13.2. The normalized spacial score (nSPS) is 11.6. The minimum absolute atomic E-state index is 0.116. The van der Waals surface area contributed by atoms with Gasteiger partial charge in [-0.25, -0.2) is 4.98 Å². The zero-order valence-electron chi connectivity index (χ0n) is 16.6. The number of rotatable bonds is 3. The van der Waals surface area contributed by atoms with Crippen LogP contribution in [0.2, 0.25) is 10.0 Å². The summed E-state index contributed by atoms with van der Waals surface area (Å²) in [5.41, 5.74) is 4.83. The van der Waals surface area contributed by atoms with Crippen molar-refractivity contribution in [2.75, 3.05) is 0 Å². The number of halogens is 3. The third-order valence-electron chi connectivity index (χ3n) is 5.51. The first-order valence-electron chi connectivity index (χ1n) is 9.47. The molecule has 0 atom stereocenters. The van der Waals surface area contributed by atoms with Crippen molar-refractivity contribution in [2.45, 2.75) is 5.88 Å². The average molecular weight is 489 g/mol. The second kappa shape index (κ2) is 7.68. The molecule has 0 saturated carbocycles. The molecule has 0 fully saturated rings. The van der Waals surface area contributed by atoms with Gasteiger partial charge in [0.2, 0.25) is 0 Å². The van der Waals surface area contributed by atoms with E-state index < -0.39 is 0 Å². The van der Waals surface area contributed by atoms with Gasteiger partial charge in [-0.1, -0.05) is 29.3 Å². The van der Waals surface area contributed by atoms with Gasteiger partial charge in [-0.2, -0.15) is 0 Å². The molecule has 8 heteroatoms. The van der Waals surface area contributed by atoms with Gasteiger partial charge in [-0.15, -0.1) is 22.9 Å². The molecule has 2 aromatic carbocycles. The zero-order valence-corrected chi connectivity index (χ0v) is 19.7. The number of hydrogen-bond donors (Lipinski definition) is 0. The van der Waals surface area contributed by atoms with E-state index in [1.165, 1.54) is 0 Å². The Balaban J connectivity index is 1.82. The lowest BCUT2D eigenvalue weighted by atomic mass is 10.0. The smallest absolute Gasteiger partial charge is 0.259 e. The highest BCUT2D eigenvalue weighted by molar-refractivity contribution is 7.13. The molecular weight excluding hydrogens is 473 g/mol. The van der Waals surface area contributed by atoms with E-state index in [4.69, 9.17) is 34.8 Å². The molecule has 0 N–H and O–H groups in total. The van der Waals surface area contributed by atoms with E-state index in [1.54, 1.807) is 41.2 Å². The van der Waals surface area contributed by atoms with Crippen molar-refractivity contribution in [3.63, 3.8) is 0 Å². The van der Waals surface area contributed by atoms with Gasteiger partial charge in [0.15, 0.2) is 0 Å². The Bertz CT molecular complexity index is 1550. The van der Waals surface area contributed by atoms with Crippen LogP contribution >= 0.6 is 46.1 Å². The fourth-order valence-corrected chi connectivity index (χ4v) is 5.58. The standard InChI is InChI=1S/C23H16Cl3N3OS/c1-28-20-6-3-12(21-27-14(10-24)11-31-21)7-16(20)17-9-18(23(30)29(2)22(17)28)15-5-4-13(25)8-19(15)26/h3-9,11H,10H2,1-2H3. The molecule has 4 nitrogen and oxygen atoms in total. The molecule has 0 aliphatic carbocycles. The number of thiazole rings is 1. The molecule has 0 radical (unpaired) electrons. The van der Waals surface area contributed by atoms with Crippen LogP contribution in [0.1, 0.15) is 5.69 Å². The van der Waals surface area contributed by atoms with E-state index in [0.29, 0.717) is 27.1 Å². The highest BCUT2D eigenvalue weighted by atomic mass is 35.5. The number of pyridine rings is 1. The van der Waals surface area contributed by atoms with Crippen LogP contribution < -0.4 is 5.56 Å². The second-order valence-electron chi connectivity index (χ2n) is 7.35. The summed E-state index contributed by atoms with van der Waals surface area (Å²) in [6, 6.07) is 13.3. The fourth-order valence-electron chi connectivity index (χ4n) is 4.03. The van der Waals surface area contributed by atoms with Crippen molar-refractivity contribution in [1.82, 2.24) is 14.1 Å². The van der Waals surface area contributed by atoms with Crippen molar-refractivity contribution in [3.8, 4) is 21.7 Å². The number of aryl methyl sites for hydroxylation is 2. The summed E-state index contributed by atoms with van der Waals surface area (Å²) >= 11 is 20.0. The Morgan fingerprint density at radius 3 is 2.48 bits per heavy atom. The number of alkyl halides is 1. The Labute approximate surface area is 197 Å². The fraction of sp³-hybridized carbons (Fsp3) is 0.130. The summed E-state index contributed by atoms with van der Waals surface area (Å²) in [5.74, 6) is 0.389. The van der Waals surface area contributed by atoms with Gasteiger partial charge in [-0.3, -0.25) is 9.36 Å². The van der Waals surface area contributed by atoms with Crippen LogP contribution in [-0.2, 0) is 20.0 Å². The summed E-state index contributed by atoms with van der Waals surface area (Å²) in [6.45, 7) is 0. The van der Waals surface area contributed by atoms with E-state index >= 15 is 0 Å². The number of aromatic nitrogens is 3. The van der Waals surface area contributed by atoms with Gasteiger partial charge in [0.25, 0.3) is 5.56 Å². The Morgan fingerprint density at radius 1 is 0.968 bits per heavy atom. The van der Waals surface area contributed by atoms with Gasteiger partial charge >= 0.3 is 0 Å². The molecule has 0 saturated heterocycles. The Kier molecular flexibility index (Phi) is 5.10. The number of nitrogens with zero attached hydrogens (tertiary/aromatic N) is 3. The van der Waals surface area contributed by atoms with Gasteiger partial charge < -0.3 is 4.57 Å². The molecule has 3 aromatic heterocycles. The van der Waals surface area contributed by atoms with Crippen LogP contribution in [0.15, 0.2) is 52.6 Å². The first kappa shape index (κ1) is 20.6. The van der Waals surface area contributed by atoms with Crippen LogP contribution in [0.3, 0.4) is 0 Å². The number of benzene rings is 2. The molecule has 0 unspecified atom stereocenters. The number of hydrogen-bond acceptors (Lipinski definition) is 3. The molecule has 0 amide bonds. The molecule has 0 spiro atoms. The Hall–Kier alpha value is -2.31. The number of fused-ring (bicyclic) bond motifs is 3. The minimum atomic E-state index is -0.116. The molecule has 5 aromatic rings. The van der Waals surface area contributed by atoms with E-state index in [1.807, 2.05) is 29.1 Å². The molecule has 0 aliphatic rings. The molecule has 156 valence electrons. The summed E-state index contributed by atoms with van der Waals surface area (Å²) in [5, 5.41) is 5.87. The van der Waals surface area contributed by atoms with E-state index in [-0.39, 0.29) is 5.56 Å². The molecular formula is C23H16Cl3N3OS. The van der Waals surface area contributed by atoms with E-state index in [0.717, 1.165) is 38.2 Å². The highest BCUT2D eigenvalue weighted by Gasteiger charge is 2.18. The first-order valence-corrected chi connectivity index (χ1v) is 11.6. The van der Waals surface area contributed by atoms with Gasteiger partial charge in [-0.05, 0) is 36.4 Å².